The number of nitrogens with zero attached hydrogens (tertiary/aromatic N) is 2. The molecule has 0 spiro atoms. The van der Waals surface area contributed by atoms with Crippen molar-refractivity contribution in [3.05, 3.63) is 71.2 Å². The average Bonchev–Trinajstić information content (AvgIpc) is 3.02. The highest BCUT2D eigenvalue weighted by Crippen LogP contribution is 2.24. The minimum atomic E-state index is 0.190. The van der Waals surface area contributed by atoms with Crippen LogP contribution in [-0.4, -0.2) is 4.98 Å². The van der Waals surface area contributed by atoms with Crippen LogP contribution in [0.1, 0.15) is 11.5 Å². The van der Waals surface area contributed by atoms with Gasteiger partial charge < -0.3 is 9.15 Å². The molecule has 1 aromatic heterocycles. The third kappa shape index (κ3) is 3.27. The molecule has 3 rings (SSSR count). The van der Waals surface area contributed by atoms with Gasteiger partial charge in [-0.15, -0.1) is 0 Å². The van der Waals surface area contributed by atoms with Crippen LogP contribution in [0.3, 0.4) is 0 Å². The zero-order chi connectivity index (χ0) is 15.4. The summed E-state index contributed by atoms with van der Waals surface area (Å²) in [5.41, 5.74) is 1.40. The zero-order valence-corrected chi connectivity index (χ0v) is 12.2. The summed E-state index contributed by atoms with van der Waals surface area (Å²) in [5, 5.41) is 9.49. The second kappa shape index (κ2) is 6.33. The molecule has 108 valence electrons. The molecule has 0 atom stereocenters. The molecular weight excluding hydrogens is 300 g/mol. The predicted molar refractivity (Wildman–Crippen MR) is 82.4 cm³/mol. The summed E-state index contributed by atoms with van der Waals surface area (Å²) in [6.45, 7) is 0.190. The standard InChI is InChI=1S/C17H11ClN2O2/c18-14-5-2-4-13(8-14)16-10-20-17(22-16)11-21-15-6-1-3-12(7-15)9-19/h1-8,10H,11H2. The molecule has 0 aliphatic rings. The van der Waals surface area contributed by atoms with E-state index in [1.54, 1.807) is 36.5 Å². The first-order chi connectivity index (χ1) is 10.7. The van der Waals surface area contributed by atoms with Crippen molar-refractivity contribution in [2.24, 2.45) is 0 Å². The van der Waals surface area contributed by atoms with Crippen LogP contribution >= 0.6 is 11.6 Å². The Kier molecular flexibility index (Phi) is 4.08. The first kappa shape index (κ1) is 14.2. The summed E-state index contributed by atoms with van der Waals surface area (Å²) in [4.78, 5) is 4.18. The fraction of sp³-hybridized carbons (Fsp3) is 0.0588. The molecule has 0 amide bonds. The van der Waals surface area contributed by atoms with Gasteiger partial charge in [0.2, 0.25) is 5.89 Å². The maximum atomic E-state index is 8.85. The quantitative estimate of drug-likeness (QED) is 0.714. The zero-order valence-electron chi connectivity index (χ0n) is 11.5. The molecule has 3 aromatic rings. The minimum absolute atomic E-state index is 0.190. The molecule has 0 saturated carbocycles. The lowest BCUT2D eigenvalue weighted by Gasteiger charge is -2.03. The van der Waals surface area contributed by atoms with E-state index < -0.39 is 0 Å². The van der Waals surface area contributed by atoms with Gasteiger partial charge >= 0.3 is 0 Å². The van der Waals surface area contributed by atoms with Crippen LogP contribution in [0.15, 0.2) is 59.1 Å². The summed E-state index contributed by atoms with van der Waals surface area (Å²) in [6, 6.07) is 16.3. The molecule has 0 unspecified atom stereocenters. The molecule has 1 heterocycles. The summed E-state index contributed by atoms with van der Waals surface area (Å²) in [5.74, 6) is 1.69. The lowest BCUT2D eigenvalue weighted by Crippen LogP contribution is -1.95. The van der Waals surface area contributed by atoms with Crippen LogP contribution in [0, 0.1) is 11.3 Å². The van der Waals surface area contributed by atoms with Crippen molar-refractivity contribution in [3.8, 4) is 23.1 Å². The Bertz CT molecular complexity index is 836. The summed E-state index contributed by atoms with van der Waals surface area (Å²) in [6.07, 6.45) is 1.63. The Hall–Kier alpha value is -2.77. The van der Waals surface area contributed by atoms with Crippen molar-refractivity contribution in [3.63, 3.8) is 0 Å². The molecule has 5 heteroatoms. The van der Waals surface area contributed by atoms with Gasteiger partial charge in [0.1, 0.15) is 5.75 Å². The Morgan fingerprint density at radius 3 is 2.86 bits per heavy atom. The monoisotopic (exact) mass is 310 g/mol. The Morgan fingerprint density at radius 1 is 1.18 bits per heavy atom. The largest absolute Gasteiger partial charge is 0.484 e. The number of benzene rings is 2. The van der Waals surface area contributed by atoms with E-state index in [4.69, 9.17) is 26.0 Å². The van der Waals surface area contributed by atoms with Gasteiger partial charge in [-0.25, -0.2) is 4.98 Å². The van der Waals surface area contributed by atoms with Gasteiger partial charge in [-0.1, -0.05) is 29.8 Å². The average molecular weight is 311 g/mol. The van der Waals surface area contributed by atoms with Crippen LogP contribution in [0.25, 0.3) is 11.3 Å². The highest BCUT2D eigenvalue weighted by molar-refractivity contribution is 6.30. The van der Waals surface area contributed by atoms with E-state index in [9.17, 15) is 0 Å². The van der Waals surface area contributed by atoms with Gasteiger partial charge in [0.05, 0.1) is 17.8 Å². The normalized spacial score (nSPS) is 10.2. The Morgan fingerprint density at radius 2 is 2.05 bits per heavy atom. The number of hydrogen-bond donors (Lipinski definition) is 0. The molecule has 0 fully saturated rings. The molecule has 2 aromatic carbocycles. The highest BCUT2D eigenvalue weighted by atomic mass is 35.5. The van der Waals surface area contributed by atoms with Crippen molar-refractivity contribution in [2.45, 2.75) is 6.61 Å². The number of halogens is 1. The Balaban J connectivity index is 1.71. The fourth-order valence-electron chi connectivity index (χ4n) is 1.95. The molecule has 0 N–H and O–H groups in total. The first-order valence-electron chi connectivity index (χ1n) is 6.58. The minimum Gasteiger partial charge on any atom is -0.484 e. The van der Waals surface area contributed by atoms with Gasteiger partial charge in [-0.2, -0.15) is 5.26 Å². The van der Waals surface area contributed by atoms with Gasteiger partial charge in [-0.3, -0.25) is 0 Å². The molecular formula is C17H11ClN2O2. The smallest absolute Gasteiger partial charge is 0.232 e. The maximum absolute atomic E-state index is 8.85. The van der Waals surface area contributed by atoms with Crippen molar-refractivity contribution in [1.82, 2.24) is 4.98 Å². The molecule has 0 aliphatic carbocycles. The van der Waals surface area contributed by atoms with Gasteiger partial charge in [0.25, 0.3) is 0 Å². The molecule has 4 nitrogen and oxygen atoms in total. The van der Waals surface area contributed by atoms with E-state index >= 15 is 0 Å². The highest BCUT2D eigenvalue weighted by Gasteiger charge is 2.07. The predicted octanol–water partition coefficient (Wildman–Crippen LogP) is 4.45. The summed E-state index contributed by atoms with van der Waals surface area (Å²) < 4.78 is 11.2. The third-order valence-corrected chi connectivity index (χ3v) is 3.22. The van der Waals surface area contributed by atoms with Crippen molar-refractivity contribution in [1.29, 1.82) is 5.26 Å². The molecule has 22 heavy (non-hydrogen) atoms. The van der Waals surface area contributed by atoms with Crippen molar-refractivity contribution >= 4 is 11.6 Å². The van der Waals surface area contributed by atoms with Crippen LogP contribution in [0.2, 0.25) is 5.02 Å². The second-order valence-corrected chi connectivity index (χ2v) is 4.99. The van der Waals surface area contributed by atoms with Crippen LogP contribution in [0.4, 0.5) is 0 Å². The number of hydrogen-bond acceptors (Lipinski definition) is 4. The van der Waals surface area contributed by atoms with Gasteiger partial charge in [-0.05, 0) is 30.3 Å². The van der Waals surface area contributed by atoms with E-state index in [-0.39, 0.29) is 6.61 Å². The second-order valence-electron chi connectivity index (χ2n) is 4.56. The molecule has 0 aliphatic heterocycles. The number of rotatable bonds is 4. The number of oxazole rings is 1. The molecule has 0 radical (unpaired) electrons. The van der Waals surface area contributed by atoms with E-state index in [1.807, 2.05) is 18.2 Å². The molecule has 0 saturated heterocycles. The van der Waals surface area contributed by atoms with E-state index in [2.05, 4.69) is 11.1 Å². The van der Waals surface area contributed by atoms with Crippen molar-refractivity contribution in [2.75, 3.05) is 0 Å². The van der Waals surface area contributed by atoms with Gasteiger partial charge in [0, 0.05) is 10.6 Å². The van der Waals surface area contributed by atoms with Crippen LogP contribution < -0.4 is 4.74 Å². The Labute approximate surface area is 132 Å². The third-order valence-electron chi connectivity index (χ3n) is 2.99. The van der Waals surface area contributed by atoms with E-state index in [0.717, 1.165) is 5.56 Å². The lowest BCUT2D eigenvalue weighted by atomic mass is 10.2. The number of aromatic nitrogens is 1. The van der Waals surface area contributed by atoms with E-state index in [1.165, 1.54) is 0 Å². The lowest BCUT2D eigenvalue weighted by molar-refractivity contribution is 0.264. The fourth-order valence-corrected chi connectivity index (χ4v) is 2.14. The van der Waals surface area contributed by atoms with E-state index in [0.29, 0.717) is 28.0 Å². The summed E-state index contributed by atoms with van der Waals surface area (Å²) in [7, 11) is 0. The number of nitriles is 1. The SMILES string of the molecule is N#Cc1cccc(OCc2ncc(-c3cccc(Cl)c3)o2)c1. The van der Waals surface area contributed by atoms with Crippen molar-refractivity contribution < 1.29 is 9.15 Å². The first-order valence-corrected chi connectivity index (χ1v) is 6.96. The maximum Gasteiger partial charge on any atom is 0.232 e. The van der Waals surface area contributed by atoms with Gasteiger partial charge in [0.15, 0.2) is 12.4 Å². The molecule has 0 bridgehead atoms. The van der Waals surface area contributed by atoms with Crippen LogP contribution in [-0.2, 0) is 6.61 Å². The number of ether oxygens (including phenoxy) is 1. The summed E-state index contributed by atoms with van der Waals surface area (Å²) >= 11 is 5.96. The topological polar surface area (TPSA) is 59.0 Å². The van der Waals surface area contributed by atoms with Crippen LogP contribution in [0.5, 0.6) is 5.75 Å².